The predicted molar refractivity (Wildman–Crippen MR) is 89.9 cm³/mol. The summed E-state index contributed by atoms with van der Waals surface area (Å²) in [4.78, 5) is 14.0. The summed E-state index contributed by atoms with van der Waals surface area (Å²) < 4.78 is 0. The topological polar surface area (TPSA) is 32.3 Å². The van der Waals surface area contributed by atoms with E-state index in [9.17, 15) is 4.79 Å². The van der Waals surface area contributed by atoms with E-state index in [1.54, 1.807) is 16.2 Å². The first-order valence-corrected chi connectivity index (χ1v) is 7.95. The summed E-state index contributed by atoms with van der Waals surface area (Å²) in [5.41, 5.74) is 3.17. The molecule has 0 saturated heterocycles. The molecule has 0 unspecified atom stereocenters. The van der Waals surface area contributed by atoms with Crippen molar-refractivity contribution in [3.8, 4) is 0 Å². The fourth-order valence-electron chi connectivity index (χ4n) is 2.19. The third kappa shape index (κ3) is 4.08. The number of hydrogen-bond donors (Lipinski definition) is 1. The Hall–Kier alpha value is -1.81. The number of carbonyl (C=O) groups is 1. The minimum Gasteiger partial charge on any atom is -0.323 e. The van der Waals surface area contributed by atoms with Crippen molar-refractivity contribution in [2.24, 2.45) is 0 Å². The molecule has 1 heterocycles. The van der Waals surface area contributed by atoms with E-state index >= 15 is 0 Å². The van der Waals surface area contributed by atoms with Gasteiger partial charge in [0.2, 0.25) is 0 Å². The second-order valence-corrected chi connectivity index (χ2v) is 6.99. The van der Waals surface area contributed by atoms with Gasteiger partial charge in [0.05, 0.1) is 0 Å². The summed E-state index contributed by atoms with van der Waals surface area (Å²) in [6.07, 6.45) is 0. The molecule has 0 spiro atoms. The van der Waals surface area contributed by atoms with Gasteiger partial charge in [0, 0.05) is 19.3 Å². The third-order valence-corrected chi connectivity index (χ3v) is 4.06. The molecule has 1 N–H and O–H groups in total. The van der Waals surface area contributed by atoms with Gasteiger partial charge in [-0.25, -0.2) is 4.79 Å². The van der Waals surface area contributed by atoms with E-state index in [1.807, 2.05) is 36.7 Å². The van der Waals surface area contributed by atoms with Crippen LogP contribution in [0.3, 0.4) is 0 Å². The summed E-state index contributed by atoms with van der Waals surface area (Å²) in [6.45, 7) is 7.06. The molecule has 112 valence electrons. The Kier molecular flexibility index (Phi) is 4.68. The van der Waals surface area contributed by atoms with Crippen LogP contribution in [0.15, 0.2) is 41.1 Å². The van der Waals surface area contributed by atoms with Gasteiger partial charge in [-0.2, -0.15) is 11.3 Å². The minimum absolute atomic E-state index is 0.00416. The van der Waals surface area contributed by atoms with Crippen LogP contribution in [-0.4, -0.2) is 18.0 Å². The average Bonchev–Trinajstić information content (AvgIpc) is 2.91. The monoisotopic (exact) mass is 302 g/mol. The Balaban J connectivity index is 2.09. The average molecular weight is 302 g/mol. The number of hydrogen-bond acceptors (Lipinski definition) is 2. The quantitative estimate of drug-likeness (QED) is 0.875. The number of para-hydroxylation sites is 1. The van der Waals surface area contributed by atoms with Gasteiger partial charge in [-0.15, -0.1) is 0 Å². The zero-order valence-corrected chi connectivity index (χ0v) is 13.8. The van der Waals surface area contributed by atoms with Crippen LogP contribution in [0.4, 0.5) is 10.5 Å². The van der Waals surface area contributed by atoms with Gasteiger partial charge in [0.25, 0.3) is 0 Å². The van der Waals surface area contributed by atoms with Crippen LogP contribution in [0, 0.1) is 0 Å². The Morgan fingerprint density at radius 2 is 1.95 bits per heavy atom. The van der Waals surface area contributed by atoms with Crippen LogP contribution >= 0.6 is 11.3 Å². The van der Waals surface area contributed by atoms with Crippen LogP contribution < -0.4 is 5.32 Å². The summed E-state index contributed by atoms with van der Waals surface area (Å²) in [5.74, 6) is 0. The second kappa shape index (κ2) is 6.31. The first kappa shape index (κ1) is 15.6. The van der Waals surface area contributed by atoms with Crippen molar-refractivity contribution in [3.05, 3.63) is 52.2 Å². The molecule has 4 heteroatoms. The summed E-state index contributed by atoms with van der Waals surface area (Å²) in [6, 6.07) is 9.93. The molecule has 2 aromatic rings. The standard InChI is InChI=1S/C17H22N2OS/c1-17(2,3)14-7-5-6-8-15(14)18-16(20)19(4)11-13-9-10-21-12-13/h5-10,12H,11H2,1-4H3,(H,18,20). The van der Waals surface area contributed by atoms with Gasteiger partial charge in [-0.1, -0.05) is 39.0 Å². The van der Waals surface area contributed by atoms with Crippen molar-refractivity contribution in [3.63, 3.8) is 0 Å². The van der Waals surface area contributed by atoms with E-state index in [0.717, 1.165) is 16.8 Å². The fourth-order valence-corrected chi connectivity index (χ4v) is 2.84. The van der Waals surface area contributed by atoms with E-state index in [-0.39, 0.29) is 11.4 Å². The number of benzene rings is 1. The zero-order valence-electron chi connectivity index (χ0n) is 13.0. The lowest BCUT2D eigenvalue weighted by Crippen LogP contribution is -2.31. The number of nitrogens with zero attached hydrogens (tertiary/aromatic N) is 1. The molecule has 0 fully saturated rings. The highest BCUT2D eigenvalue weighted by molar-refractivity contribution is 7.07. The second-order valence-electron chi connectivity index (χ2n) is 6.21. The van der Waals surface area contributed by atoms with Crippen LogP contribution in [0.1, 0.15) is 31.9 Å². The number of urea groups is 1. The van der Waals surface area contributed by atoms with Gasteiger partial charge < -0.3 is 10.2 Å². The molecule has 0 aliphatic rings. The molecule has 2 amide bonds. The van der Waals surface area contributed by atoms with Crippen molar-refractivity contribution in [1.29, 1.82) is 0 Å². The Morgan fingerprint density at radius 1 is 1.24 bits per heavy atom. The van der Waals surface area contributed by atoms with Gasteiger partial charge in [0.1, 0.15) is 0 Å². The lowest BCUT2D eigenvalue weighted by atomic mass is 9.86. The smallest absolute Gasteiger partial charge is 0.321 e. The molecule has 1 aromatic carbocycles. The first-order valence-electron chi connectivity index (χ1n) is 7.00. The first-order chi connectivity index (χ1) is 9.88. The Morgan fingerprint density at radius 3 is 2.57 bits per heavy atom. The molecule has 21 heavy (non-hydrogen) atoms. The number of amides is 2. The highest BCUT2D eigenvalue weighted by Crippen LogP contribution is 2.29. The van der Waals surface area contributed by atoms with Crippen molar-refractivity contribution in [1.82, 2.24) is 4.90 Å². The molecule has 0 aliphatic carbocycles. The lowest BCUT2D eigenvalue weighted by Gasteiger charge is -2.24. The van der Waals surface area contributed by atoms with E-state index < -0.39 is 0 Å². The third-order valence-electron chi connectivity index (χ3n) is 3.32. The van der Waals surface area contributed by atoms with Gasteiger partial charge in [0.15, 0.2) is 0 Å². The van der Waals surface area contributed by atoms with E-state index in [0.29, 0.717) is 6.54 Å². The Labute approximate surface area is 130 Å². The molecular formula is C17H22N2OS. The Bertz CT molecular complexity index is 600. The number of nitrogens with one attached hydrogen (secondary N) is 1. The normalized spacial score (nSPS) is 11.2. The van der Waals surface area contributed by atoms with E-state index in [2.05, 4.69) is 37.5 Å². The molecule has 0 atom stereocenters. The maximum atomic E-state index is 12.3. The van der Waals surface area contributed by atoms with Crippen LogP contribution in [0.25, 0.3) is 0 Å². The molecule has 0 bridgehead atoms. The molecule has 2 rings (SSSR count). The van der Waals surface area contributed by atoms with E-state index in [1.165, 1.54) is 0 Å². The van der Waals surface area contributed by atoms with Crippen molar-refractivity contribution < 1.29 is 4.79 Å². The minimum atomic E-state index is -0.0853. The SMILES string of the molecule is CN(Cc1ccsc1)C(=O)Nc1ccccc1C(C)(C)C. The van der Waals surface area contributed by atoms with Crippen LogP contribution in [0.5, 0.6) is 0 Å². The van der Waals surface area contributed by atoms with Crippen LogP contribution in [-0.2, 0) is 12.0 Å². The molecule has 3 nitrogen and oxygen atoms in total. The number of rotatable bonds is 3. The molecule has 0 aliphatic heterocycles. The van der Waals surface area contributed by atoms with Crippen molar-refractivity contribution in [2.45, 2.75) is 32.7 Å². The molecule has 0 radical (unpaired) electrons. The molecule has 0 saturated carbocycles. The van der Waals surface area contributed by atoms with Crippen molar-refractivity contribution in [2.75, 3.05) is 12.4 Å². The fraction of sp³-hybridized carbons (Fsp3) is 0.353. The number of thiophene rings is 1. The predicted octanol–water partition coefficient (Wildman–Crippen LogP) is 4.71. The maximum absolute atomic E-state index is 12.3. The summed E-state index contributed by atoms with van der Waals surface area (Å²) in [7, 11) is 1.81. The zero-order chi connectivity index (χ0) is 15.5. The van der Waals surface area contributed by atoms with E-state index in [4.69, 9.17) is 0 Å². The maximum Gasteiger partial charge on any atom is 0.321 e. The number of carbonyl (C=O) groups excluding carboxylic acids is 1. The largest absolute Gasteiger partial charge is 0.323 e. The molecule has 1 aromatic heterocycles. The van der Waals surface area contributed by atoms with Crippen molar-refractivity contribution >= 4 is 23.1 Å². The van der Waals surface area contributed by atoms with Gasteiger partial charge in [-0.05, 0) is 39.4 Å². The number of anilines is 1. The van der Waals surface area contributed by atoms with Gasteiger partial charge in [-0.3, -0.25) is 0 Å². The van der Waals surface area contributed by atoms with Crippen LogP contribution in [0.2, 0.25) is 0 Å². The lowest BCUT2D eigenvalue weighted by molar-refractivity contribution is 0.220. The van der Waals surface area contributed by atoms with Gasteiger partial charge >= 0.3 is 6.03 Å². The summed E-state index contributed by atoms with van der Waals surface area (Å²) in [5, 5.41) is 7.11. The summed E-state index contributed by atoms with van der Waals surface area (Å²) >= 11 is 1.64. The highest BCUT2D eigenvalue weighted by atomic mass is 32.1. The molecular weight excluding hydrogens is 280 g/mol. The highest BCUT2D eigenvalue weighted by Gasteiger charge is 2.19.